The highest BCUT2D eigenvalue weighted by molar-refractivity contribution is 6.30. The number of ether oxygens (including phenoxy) is 1. The maximum absolute atomic E-state index is 9.38. The Labute approximate surface area is 165 Å². The summed E-state index contributed by atoms with van der Waals surface area (Å²) in [6, 6.07) is 17.0. The zero-order chi connectivity index (χ0) is 20.2. The minimum absolute atomic E-state index is 0.107. The van der Waals surface area contributed by atoms with Gasteiger partial charge in [0.1, 0.15) is 5.75 Å². The van der Waals surface area contributed by atoms with Gasteiger partial charge in [-0.15, -0.1) is 0 Å². The molecule has 6 heteroatoms. The molecule has 146 valence electrons. The van der Waals surface area contributed by atoms with Gasteiger partial charge in [0.25, 0.3) is 0 Å². The molecule has 0 radical (unpaired) electrons. The van der Waals surface area contributed by atoms with Gasteiger partial charge in [-0.05, 0) is 42.5 Å². The number of rotatable bonds is 4. The lowest BCUT2D eigenvalue weighted by atomic mass is 10.1. The van der Waals surface area contributed by atoms with Crippen LogP contribution in [0.25, 0.3) is 16.9 Å². The van der Waals surface area contributed by atoms with Crippen molar-refractivity contribution in [2.45, 2.75) is 26.9 Å². The van der Waals surface area contributed by atoms with Gasteiger partial charge in [-0.3, -0.25) is 0 Å². The highest BCUT2D eigenvalue weighted by atomic mass is 35.5. The summed E-state index contributed by atoms with van der Waals surface area (Å²) in [6.07, 6.45) is 1.25. The van der Waals surface area contributed by atoms with E-state index in [0.29, 0.717) is 10.7 Å². The number of aromatic nitrogens is 2. The van der Waals surface area contributed by atoms with E-state index in [-0.39, 0.29) is 6.61 Å². The van der Waals surface area contributed by atoms with Crippen LogP contribution in [-0.4, -0.2) is 34.2 Å². The highest BCUT2D eigenvalue weighted by Crippen LogP contribution is 2.26. The third kappa shape index (κ3) is 6.40. The van der Waals surface area contributed by atoms with E-state index in [1.165, 1.54) is 6.42 Å². The number of hydrogen-bond donors (Lipinski definition) is 2. The second-order valence-electron chi connectivity index (χ2n) is 5.50. The molecule has 0 aliphatic carbocycles. The first-order valence-electron chi connectivity index (χ1n) is 8.67. The Kier molecular flexibility index (Phi) is 10.2. The predicted octanol–water partition coefficient (Wildman–Crippen LogP) is 4.72. The minimum atomic E-state index is -0.107. The second kappa shape index (κ2) is 12.1. The molecule has 0 atom stereocenters. The van der Waals surface area contributed by atoms with E-state index in [0.717, 1.165) is 29.8 Å². The van der Waals surface area contributed by atoms with E-state index in [1.807, 2.05) is 54.6 Å². The molecule has 2 aromatic carbocycles. The lowest BCUT2D eigenvalue weighted by Gasteiger charge is -2.08. The molecule has 1 heterocycles. The summed E-state index contributed by atoms with van der Waals surface area (Å²) in [6.45, 7) is 4.14. The van der Waals surface area contributed by atoms with Gasteiger partial charge in [0, 0.05) is 17.7 Å². The molecule has 3 rings (SSSR count). The quantitative estimate of drug-likeness (QED) is 0.676. The standard InChI is InChI=1S/C17H15ClN2O2.C3H8.CH4O/c1-22-16-8-6-15(7-9-16)20-17(10-14(11-21)19-20)12-2-4-13(18)5-3-12;1-3-2;1-2/h2-10,21H,11H2,1H3;3H2,1-2H3;2H,1H3. The van der Waals surface area contributed by atoms with Crippen LogP contribution in [0.4, 0.5) is 0 Å². The molecule has 27 heavy (non-hydrogen) atoms. The fourth-order valence-corrected chi connectivity index (χ4v) is 2.38. The van der Waals surface area contributed by atoms with Crippen LogP contribution in [0.1, 0.15) is 26.0 Å². The summed E-state index contributed by atoms with van der Waals surface area (Å²) in [5.41, 5.74) is 3.38. The Bertz CT molecular complexity index is 784. The first-order chi connectivity index (χ1) is 13.1. The van der Waals surface area contributed by atoms with Crippen molar-refractivity contribution >= 4 is 11.6 Å². The van der Waals surface area contributed by atoms with E-state index < -0.39 is 0 Å². The molecule has 0 saturated heterocycles. The van der Waals surface area contributed by atoms with Crippen LogP contribution in [-0.2, 0) is 6.61 Å². The fraction of sp³-hybridized carbons (Fsp3) is 0.286. The lowest BCUT2D eigenvalue weighted by molar-refractivity contribution is 0.276. The molecule has 0 aliphatic rings. The predicted molar refractivity (Wildman–Crippen MR) is 111 cm³/mol. The lowest BCUT2D eigenvalue weighted by Crippen LogP contribution is -1.99. The SMILES string of the molecule is CCC.CO.COc1ccc(-n2nc(CO)cc2-c2ccc(Cl)cc2)cc1. The van der Waals surface area contributed by atoms with Crippen LogP contribution in [0.5, 0.6) is 5.75 Å². The summed E-state index contributed by atoms with van der Waals surface area (Å²) in [5.74, 6) is 0.784. The number of nitrogens with zero attached hydrogens (tertiary/aromatic N) is 2. The van der Waals surface area contributed by atoms with Gasteiger partial charge in [0.15, 0.2) is 0 Å². The van der Waals surface area contributed by atoms with Crippen LogP contribution in [0.3, 0.4) is 0 Å². The maximum Gasteiger partial charge on any atom is 0.119 e. The second-order valence-corrected chi connectivity index (χ2v) is 5.94. The van der Waals surface area contributed by atoms with Crippen LogP contribution in [0, 0.1) is 0 Å². The average molecular weight is 391 g/mol. The maximum atomic E-state index is 9.38. The normalized spacial score (nSPS) is 9.59. The Morgan fingerprint density at radius 2 is 1.56 bits per heavy atom. The molecular formula is C21H27ClN2O3. The fourth-order valence-electron chi connectivity index (χ4n) is 2.25. The van der Waals surface area contributed by atoms with Gasteiger partial charge in [-0.25, -0.2) is 4.68 Å². The average Bonchev–Trinajstić information content (AvgIpc) is 3.15. The van der Waals surface area contributed by atoms with Crippen LogP contribution in [0.2, 0.25) is 5.02 Å². The van der Waals surface area contributed by atoms with Crippen molar-refractivity contribution in [3.63, 3.8) is 0 Å². The molecular weight excluding hydrogens is 364 g/mol. The summed E-state index contributed by atoms with van der Waals surface area (Å²) in [7, 11) is 2.63. The van der Waals surface area contributed by atoms with E-state index >= 15 is 0 Å². The zero-order valence-electron chi connectivity index (χ0n) is 16.2. The molecule has 0 spiro atoms. The van der Waals surface area contributed by atoms with Gasteiger partial charge in [0.05, 0.1) is 30.8 Å². The molecule has 0 fully saturated rings. The third-order valence-electron chi connectivity index (χ3n) is 3.38. The molecule has 1 aromatic heterocycles. The number of aliphatic hydroxyl groups excluding tert-OH is 2. The van der Waals surface area contributed by atoms with E-state index in [4.69, 9.17) is 21.4 Å². The topological polar surface area (TPSA) is 67.5 Å². The highest BCUT2D eigenvalue weighted by Gasteiger charge is 2.11. The third-order valence-corrected chi connectivity index (χ3v) is 3.63. The van der Waals surface area contributed by atoms with Crippen LogP contribution >= 0.6 is 11.6 Å². The van der Waals surface area contributed by atoms with E-state index in [1.54, 1.807) is 11.8 Å². The summed E-state index contributed by atoms with van der Waals surface area (Å²) < 4.78 is 6.97. The zero-order valence-corrected chi connectivity index (χ0v) is 16.9. The first-order valence-corrected chi connectivity index (χ1v) is 9.05. The number of methoxy groups -OCH3 is 1. The Hall–Kier alpha value is -2.34. The smallest absolute Gasteiger partial charge is 0.119 e. The molecule has 0 bridgehead atoms. The summed E-state index contributed by atoms with van der Waals surface area (Å²) in [4.78, 5) is 0. The van der Waals surface area contributed by atoms with Crippen molar-refractivity contribution in [1.82, 2.24) is 9.78 Å². The van der Waals surface area contributed by atoms with Crippen molar-refractivity contribution in [3.05, 3.63) is 65.3 Å². The van der Waals surface area contributed by atoms with E-state index in [9.17, 15) is 5.11 Å². The molecule has 2 N–H and O–H groups in total. The van der Waals surface area contributed by atoms with E-state index in [2.05, 4.69) is 18.9 Å². The van der Waals surface area contributed by atoms with Crippen LogP contribution in [0.15, 0.2) is 54.6 Å². The monoisotopic (exact) mass is 390 g/mol. The number of halogens is 1. The Morgan fingerprint density at radius 3 is 2.04 bits per heavy atom. The Morgan fingerprint density at radius 1 is 1.00 bits per heavy atom. The van der Waals surface area contributed by atoms with Gasteiger partial charge in [-0.2, -0.15) is 5.10 Å². The van der Waals surface area contributed by atoms with Crippen molar-refractivity contribution in [3.8, 4) is 22.7 Å². The minimum Gasteiger partial charge on any atom is -0.497 e. The van der Waals surface area contributed by atoms with Crippen molar-refractivity contribution in [1.29, 1.82) is 0 Å². The first kappa shape index (κ1) is 22.7. The molecule has 0 amide bonds. The number of benzene rings is 2. The van der Waals surface area contributed by atoms with Crippen LogP contribution < -0.4 is 4.74 Å². The molecule has 3 aromatic rings. The largest absolute Gasteiger partial charge is 0.497 e. The summed E-state index contributed by atoms with van der Waals surface area (Å²) >= 11 is 5.95. The number of aliphatic hydroxyl groups is 2. The number of hydrogen-bond acceptors (Lipinski definition) is 4. The van der Waals surface area contributed by atoms with Gasteiger partial charge in [0.2, 0.25) is 0 Å². The van der Waals surface area contributed by atoms with Crippen molar-refractivity contribution in [2.75, 3.05) is 14.2 Å². The van der Waals surface area contributed by atoms with Crippen molar-refractivity contribution in [2.24, 2.45) is 0 Å². The molecule has 0 saturated carbocycles. The molecule has 0 aliphatic heterocycles. The molecule has 0 unspecified atom stereocenters. The Balaban J connectivity index is 0.000000665. The van der Waals surface area contributed by atoms with Crippen molar-refractivity contribution < 1.29 is 14.9 Å². The van der Waals surface area contributed by atoms with Gasteiger partial charge in [-0.1, -0.05) is 44.0 Å². The van der Waals surface area contributed by atoms with Gasteiger partial charge < -0.3 is 14.9 Å². The molecule has 5 nitrogen and oxygen atoms in total. The summed E-state index contributed by atoms with van der Waals surface area (Å²) in [5, 5.41) is 21.5. The van der Waals surface area contributed by atoms with Gasteiger partial charge >= 0.3 is 0 Å².